The van der Waals surface area contributed by atoms with Crippen molar-refractivity contribution in [1.82, 2.24) is 5.32 Å². The van der Waals surface area contributed by atoms with Crippen LogP contribution in [0.2, 0.25) is 0 Å². The normalized spacial score (nSPS) is 16.5. The summed E-state index contributed by atoms with van der Waals surface area (Å²) in [4.78, 5) is 23.9. The molecule has 2 N–H and O–H groups in total. The van der Waals surface area contributed by atoms with Crippen LogP contribution in [0.4, 0.5) is 0 Å². The van der Waals surface area contributed by atoms with E-state index in [0.29, 0.717) is 17.9 Å². The third kappa shape index (κ3) is 4.57. The SMILES string of the molecule is O=C(CCC1CCOCC1)NC(C(=O)O)c1ccc2ccccc2c1. The van der Waals surface area contributed by atoms with Crippen molar-refractivity contribution in [3.63, 3.8) is 0 Å². The van der Waals surface area contributed by atoms with Gasteiger partial charge in [-0.15, -0.1) is 0 Å². The molecular formula is C20H23NO4. The molecule has 25 heavy (non-hydrogen) atoms. The molecule has 1 heterocycles. The van der Waals surface area contributed by atoms with Gasteiger partial charge in [0.25, 0.3) is 0 Å². The fourth-order valence-corrected chi connectivity index (χ4v) is 3.28. The molecule has 1 fully saturated rings. The molecule has 0 radical (unpaired) electrons. The molecule has 1 saturated heterocycles. The van der Waals surface area contributed by atoms with E-state index in [-0.39, 0.29) is 5.91 Å². The molecular weight excluding hydrogens is 318 g/mol. The van der Waals surface area contributed by atoms with E-state index in [1.165, 1.54) is 0 Å². The Morgan fingerprint density at radius 3 is 2.56 bits per heavy atom. The Bertz CT molecular complexity index is 752. The van der Waals surface area contributed by atoms with E-state index in [4.69, 9.17) is 4.74 Å². The maximum Gasteiger partial charge on any atom is 0.330 e. The van der Waals surface area contributed by atoms with E-state index < -0.39 is 12.0 Å². The van der Waals surface area contributed by atoms with E-state index in [0.717, 1.165) is 43.2 Å². The van der Waals surface area contributed by atoms with Crippen molar-refractivity contribution in [2.75, 3.05) is 13.2 Å². The fourth-order valence-electron chi connectivity index (χ4n) is 3.28. The van der Waals surface area contributed by atoms with Gasteiger partial charge in [0, 0.05) is 19.6 Å². The zero-order valence-electron chi connectivity index (χ0n) is 14.1. The maximum absolute atomic E-state index is 12.2. The molecule has 1 unspecified atom stereocenters. The number of carboxylic acids is 1. The van der Waals surface area contributed by atoms with Crippen molar-refractivity contribution in [3.05, 3.63) is 48.0 Å². The first-order chi connectivity index (χ1) is 12.1. The second-order valence-electron chi connectivity index (χ2n) is 6.54. The Labute approximate surface area is 147 Å². The molecule has 5 nitrogen and oxygen atoms in total. The summed E-state index contributed by atoms with van der Waals surface area (Å²) < 4.78 is 5.32. The van der Waals surface area contributed by atoms with E-state index in [9.17, 15) is 14.7 Å². The Balaban J connectivity index is 1.65. The number of hydrogen-bond acceptors (Lipinski definition) is 3. The van der Waals surface area contributed by atoms with Crippen molar-refractivity contribution in [1.29, 1.82) is 0 Å². The molecule has 132 valence electrons. The predicted molar refractivity (Wildman–Crippen MR) is 95.2 cm³/mol. The number of fused-ring (bicyclic) bond motifs is 1. The van der Waals surface area contributed by atoms with Gasteiger partial charge in [-0.05, 0) is 47.6 Å². The molecule has 3 rings (SSSR count). The van der Waals surface area contributed by atoms with Crippen molar-refractivity contribution in [2.45, 2.75) is 31.7 Å². The van der Waals surface area contributed by atoms with Gasteiger partial charge in [-0.25, -0.2) is 4.79 Å². The average Bonchev–Trinajstić information content (AvgIpc) is 2.64. The lowest BCUT2D eigenvalue weighted by Crippen LogP contribution is -2.34. The smallest absolute Gasteiger partial charge is 0.330 e. The molecule has 1 aliphatic heterocycles. The number of hydrogen-bond donors (Lipinski definition) is 2. The number of nitrogens with one attached hydrogen (secondary N) is 1. The van der Waals surface area contributed by atoms with E-state index in [1.54, 1.807) is 6.07 Å². The minimum atomic E-state index is -1.05. The summed E-state index contributed by atoms with van der Waals surface area (Å²) in [6, 6.07) is 12.2. The monoisotopic (exact) mass is 341 g/mol. The number of benzene rings is 2. The summed E-state index contributed by atoms with van der Waals surface area (Å²) in [6.45, 7) is 1.50. The van der Waals surface area contributed by atoms with Crippen LogP contribution < -0.4 is 5.32 Å². The van der Waals surface area contributed by atoms with Gasteiger partial charge >= 0.3 is 5.97 Å². The van der Waals surface area contributed by atoms with Crippen LogP contribution in [0.15, 0.2) is 42.5 Å². The Morgan fingerprint density at radius 1 is 1.12 bits per heavy atom. The average molecular weight is 341 g/mol. The van der Waals surface area contributed by atoms with Crippen molar-refractivity contribution in [2.24, 2.45) is 5.92 Å². The van der Waals surface area contributed by atoms with Crippen molar-refractivity contribution in [3.8, 4) is 0 Å². The molecule has 1 amide bonds. The van der Waals surface area contributed by atoms with Crippen LogP contribution in [0.5, 0.6) is 0 Å². The van der Waals surface area contributed by atoms with Gasteiger partial charge < -0.3 is 15.2 Å². The first-order valence-corrected chi connectivity index (χ1v) is 8.72. The predicted octanol–water partition coefficient (Wildman–Crippen LogP) is 3.29. The second kappa shape index (κ2) is 8.12. The zero-order chi connectivity index (χ0) is 17.6. The molecule has 0 spiro atoms. The van der Waals surface area contributed by atoms with Gasteiger partial charge in [0.15, 0.2) is 6.04 Å². The lowest BCUT2D eigenvalue weighted by molar-refractivity contribution is -0.142. The molecule has 0 saturated carbocycles. The number of ether oxygens (including phenoxy) is 1. The van der Waals surface area contributed by atoms with Crippen LogP contribution in [0.3, 0.4) is 0 Å². The number of rotatable bonds is 6. The van der Waals surface area contributed by atoms with Gasteiger partial charge in [-0.3, -0.25) is 4.79 Å². The molecule has 2 aromatic rings. The summed E-state index contributed by atoms with van der Waals surface area (Å²) in [5, 5.41) is 14.2. The first kappa shape index (κ1) is 17.4. The van der Waals surface area contributed by atoms with E-state index in [2.05, 4.69) is 5.32 Å². The van der Waals surface area contributed by atoms with E-state index in [1.807, 2.05) is 36.4 Å². The summed E-state index contributed by atoms with van der Waals surface area (Å²) in [5.41, 5.74) is 0.589. The van der Waals surface area contributed by atoms with Crippen LogP contribution in [0.25, 0.3) is 10.8 Å². The van der Waals surface area contributed by atoms with Gasteiger partial charge in [0.2, 0.25) is 5.91 Å². The Hall–Kier alpha value is -2.40. The Kier molecular flexibility index (Phi) is 5.66. The molecule has 5 heteroatoms. The van der Waals surface area contributed by atoms with Crippen LogP contribution >= 0.6 is 0 Å². The van der Waals surface area contributed by atoms with Crippen LogP contribution in [0, 0.1) is 5.92 Å². The lowest BCUT2D eigenvalue weighted by atomic mass is 9.94. The van der Waals surface area contributed by atoms with Gasteiger partial charge in [-0.1, -0.05) is 36.4 Å². The summed E-state index contributed by atoms with van der Waals surface area (Å²) in [6.07, 6.45) is 3.07. The highest BCUT2D eigenvalue weighted by Crippen LogP contribution is 2.22. The largest absolute Gasteiger partial charge is 0.479 e. The summed E-state index contributed by atoms with van der Waals surface area (Å²) in [5.74, 6) is -0.773. The van der Waals surface area contributed by atoms with Gasteiger partial charge in [-0.2, -0.15) is 0 Å². The third-order valence-electron chi connectivity index (χ3n) is 4.78. The standard InChI is InChI=1S/C20H23NO4/c22-18(8-5-14-9-11-25-12-10-14)21-19(20(23)24)17-7-6-15-3-1-2-4-16(15)13-17/h1-4,6-7,13-14,19H,5,8-12H2,(H,21,22)(H,23,24). The van der Waals surface area contributed by atoms with E-state index >= 15 is 0 Å². The van der Waals surface area contributed by atoms with Gasteiger partial charge in [0.05, 0.1) is 0 Å². The minimum absolute atomic E-state index is 0.216. The number of aliphatic carboxylic acids is 1. The molecule has 1 atom stereocenters. The zero-order valence-corrected chi connectivity index (χ0v) is 14.1. The summed E-state index contributed by atoms with van der Waals surface area (Å²) in [7, 11) is 0. The molecule has 0 bridgehead atoms. The minimum Gasteiger partial charge on any atom is -0.479 e. The highest BCUT2D eigenvalue weighted by atomic mass is 16.5. The van der Waals surface area contributed by atoms with Crippen LogP contribution in [-0.2, 0) is 14.3 Å². The highest BCUT2D eigenvalue weighted by molar-refractivity contribution is 5.88. The topological polar surface area (TPSA) is 75.6 Å². The quantitative estimate of drug-likeness (QED) is 0.845. The highest BCUT2D eigenvalue weighted by Gasteiger charge is 2.23. The summed E-state index contributed by atoms with van der Waals surface area (Å²) >= 11 is 0. The molecule has 1 aliphatic rings. The van der Waals surface area contributed by atoms with Crippen LogP contribution in [0.1, 0.15) is 37.3 Å². The number of carbonyl (C=O) groups is 2. The van der Waals surface area contributed by atoms with Crippen molar-refractivity contribution < 1.29 is 19.4 Å². The fraction of sp³-hybridized carbons (Fsp3) is 0.400. The molecule has 0 aromatic heterocycles. The first-order valence-electron chi connectivity index (χ1n) is 8.72. The second-order valence-corrected chi connectivity index (χ2v) is 6.54. The lowest BCUT2D eigenvalue weighted by Gasteiger charge is -2.22. The molecule has 0 aliphatic carbocycles. The van der Waals surface area contributed by atoms with Crippen molar-refractivity contribution >= 4 is 22.6 Å². The number of carbonyl (C=O) groups excluding carboxylic acids is 1. The number of amides is 1. The molecule has 2 aromatic carbocycles. The Morgan fingerprint density at radius 2 is 1.84 bits per heavy atom. The maximum atomic E-state index is 12.2. The third-order valence-corrected chi connectivity index (χ3v) is 4.78. The van der Waals surface area contributed by atoms with Crippen LogP contribution in [-0.4, -0.2) is 30.2 Å². The van der Waals surface area contributed by atoms with Gasteiger partial charge in [0.1, 0.15) is 0 Å². The number of carboxylic acid groups (broad SMARTS) is 1.